The van der Waals surface area contributed by atoms with Gasteiger partial charge in [-0.2, -0.15) is 0 Å². The van der Waals surface area contributed by atoms with Crippen molar-refractivity contribution in [3.8, 4) is 0 Å². The zero-order valence-electron chi connectivity index (χ0n) is 13.9. The van der Waals surface area contributed by atoms with Gasteiger partial charge in [-0.1, -0.05) is 24.3 Å². The maximum absolute atomic E-state index is 12.7. The van der Waals surface area contributed by atoms with Crippen LogP contribution in [0.4, 0.5) is 11.5 Å². The number of nitrogens with zero attached hydrogens (tertiary/aromatic N) is 3. The molecule has 0 radical (unpaired) electrons. The molecule has 0 N–H and O–H groups in total. The van der Waals surface area contributed by atoms with E-state index < -0.39 is 0 Å². The number of hydrogen-bond donors (Lipinski definition) is 0. The van der Waals surface area contributed by atoms with E-state index in [0.717, 1.165) is 51.1 Å². The molecule has 1 aromatic carbocycles. The Morgan fingerprint density at radius 2 is 1.71 bits per heavy atom. The first-order valence-electron chi connectivity index (χ1n) is 8.95. The molecule has 3 heterocycles. The summed E-state index contributed by atoms with van der Waals surface area (Å²) in [6.07, 6.45) is 5.65. The lowest BCUT2D eigenvalue weighted by Crippen LogP contribution is -2.36. The summed E-state index contributed by atoms with van der Waals surface area (Å²) in [6.45, 7) is 2.67. The van der Waals surface area contributed by atoms with Crippen LogP contribution in [-0.2, 0) is 6.42 Å². The van der Waals surface area contributed by atoms with E-state index in [9.17, 15) is 4.79 Å². The molecule has 24 heavy (non-hydrogen) atoms. The zero-order valence-corrected chi connectivity index (χ0v) is 13.9. The van der Waals surface area contributed by atoms with E-state index in [1.807, 2.05) is 23.1 Å². The van der Waals surface area contributed by atoms with Crippen LogP contribution in [0.5, 0.6) is 0 Å². The number of amides is 1. The summed E-state index contributed by atoms with van der Waals surface area (Å²) in [5.41, 5.74) is 3.15. The van der Waals surface area contributed by atoms with Crippen molar-refractivity contribution in [1.82, 2.24) is 9.88 Å². The number of carbonyl (C=O) groups is 1. The van der Waals surface area contributed by atoms with Gasteiger partial charge in [0.15, 0.2) is 0 Å². The predicted octanol–water partition coefficient (Wildman–Crippen LogP) is 3.79. The van der Waals surface area contributed by atoms with Gasteiger partial charge in [0.05, 0.1) is 0 Å². The van der Waals surface area contributed by atoms with Gasteiger partial charge < -0.3 is 9.80 Å². The van der Waals surface area contributed by atoms with E-state index in [1.165, 1.54) is 17.7 Å². The zero-order chi connectivity index (χ0) is 16.4. The molecule has 4 heteroatoms. The highest BCUT2D eigenvalue weighted by Crippen LogP contribution is 2.32. The molecule has 1 saturated heterocycles. The van der Waals surface area contributed by atoms with E-state index in [4.69, 9.17) is 4.98 Å². The first kappa shape index (κ1) is 15.2. The Morgan fingerprint density at radius 1 is 0.875 bits per heavy atom. The van der Waals surface area contributed by atoms with Crippen molar-refractivity contribution in [3.63, 3.8) is 0 Å². The predicted molar refractivity (Wildman–Crippen MR) is 95.8 cm³/mol. The van der Waals surface area contributed by atoms with Gasteiger partial charge >= 0.3 is 0 Å². The highest BCUT2D eigenvalue weighted by Gasteiger charge is 2.22. The Balaban J connectivity index is 1.62. The molecule has 4 rings (SSSR count). The standard InChI is InChI=1S/C20H23N3O/c24-20(22-13-4-1-5-14-22)17-10-6-12-19(21-17)23-15-7-9-16-8-2-3-11-18(16)23/h2-3,6,8,10-12H,1,4-5,7,9,13-15H2. The topological polar surface area (TPSA) is 36.4 Å². The Morgan fingerprint density at radius 3 is 2.58 bits per heavy atom. The first-order chi connectivity index (χ1) is 11.8. The minimum Gasteiger partial charge on any atom is -0.337 e. The fraction of sp³-hybridized carbons (Fsp3) is 0.400. The number of aryl methyl sites for hydroxylation is 1. The normalized spacial score (nSPS) is 17.5. The average Bonchev–Trinajstić information content (AvgIpc) is 2.68. The molecule has 4 nitrogen and oxygen atoms in total. The third-order valence-corrected chi connectivity index (χ3v) is 4.98. The molecule has 1 fully saturated rings. The molecule has 0 spiro atoms. The van der Waals surface area contributed by atoms with E-state index in [-0.39, 0.29) is 5.91 Å². The molecule has 0 unspecified atom stereocenters. The highest BCUT2D eigenvalue weighted by molar-refractivity contribution is 5.93. The highest BCUT2D eigenvalue weighted by atomic mass is 16.2. The van der Waals surface area contributed by atoms with Gasteiger partial charge in [-0.15, -0.1) is 0 Å². The van der Waals surface area contributed by atoms with Crippen molar-refractivity contribution < 1.29 is 4.79 Å². The van der Waals surface area contributed by atoms with Gasteiger partial charge in [-0.05, 0) is 55.9 Å². The van der Waals surface area contributed by atoms with Gasteiger partial charge in [0.2, 0.25) is 0 Å². The fourth-order valence-corrected chi connectivity index (χ4v) is 3.72. The molecule has 0 atom stereocenters. The van der Waals surface area contributed by atoms with Crippen LogP contribution in [0.2, 0.25) is 0 Å². The number of rotatable bonds is 2. The Hall–Kier alpha value is -2.36. The summed E-state index contributed by atoms with van der Waals surface area (Å²) in [4.78, 5) is 21.6. The number of carbonyl (C=O) groups excluding carboxylic acids is 1. The summed E-state index contributed by atoms with van der Waals surface area (Å²) in [5, 5.41) is 0. The number of aromatic nitrogens is 1. The average molecular weight is 321 g/mol. The monoisotopic (exact) mass is 321 g/mol. The number of benzene rings is 1. The molecule has 0 saturated carbocycles. The number of piperidine rings is 1. The van der Waals surface area contributed by atoms with Gasteiger partial charge in [-0.25, -0.2) is 4.98 Å². The van der Waals surface area contributed by atoms with Crippen LogP contribution in [0.25, 0.3) is 0 Å². The molecular weight excluding hydrogens is 298 g/mol. The molecule has 124 valence electrons. The molecule has 2 aliphatic rings. The van der Waals surface area contributed by atoms with Crippen molar-refractivity contribution in [3.05, 3.63) is 53.7 Å². The van der Waals surface area contributed by atoms with Crippen LogP contribution < -0.4 is 4.90 Å². The molecular formula is C20H23N3O. The lowest BCUT2D eigenvalue weighted by Gasteiger charge is -2.31. The third kappa shape index (κ3) is 2.88. The van der Waals surface area contributed by atoms with E-state index in [0.29, 0.717) is 5.69 Å². The second-order valence-corrected chi connectivity index (χ2v) is 6.62. The maximum atomic E-state index is 12.7. The maximum Gasteiger partial charge on any atom is 0.272 e. The smallest absolute Gasteiger partial charge is 0.272 e. The summed E-state index contributed by atoms with van der Waals surface area (Å²) >= 11 is 0. The van der Waals surface area contributed by atoms with Gasteiger partial charge in [0.25, 0.3) is 5.91 Å². The molecule has 2 aliphatic heterocycles. The number of pyridine rings is 1. The summed E-state index contributed by atoms with van der Waals surface area (Å²) in [6, 6.07) is 14.3. The van der Waals surface area contributed by atoms with Crippen molar-refractivity contribution in [2.24, 2.45) is 0 Å². The molecule has 2 aromatic rings. The minimum atomic E-state index is 0.0712. The van der Waals surface area contributed by atoms with Crippen LogP contribution in [0.1, 0.15) is 41.7 Å². The van der Waals surface area contributed by atoms with E-state index in [1.54, 1.807) is 0 Å². The summed E-state index contributed by atoms with van der Waals surface area (Å²) in [7, 11) is 0. The quantitative estimate of drug-likeness (QED) is 0.844. The summed E-state index contributed by atoms with van der Waals surface area (Å²) < 4.78 is 0. The van der Waals surface area contributed by atoms with Gasteiger partial charge in [0.1, 0.15) is 11.5 Å². The van der Waals surface area contributed by atoms with E-state index in [2.05, 4.69) is 29.2 Å². The van der Waals surface area contributed by atoms with Crippen LogP contribution in [0.3, 0.4) is 0 Å². The lowest BCUT2D eigenvalue weighted by atomic mass is 10.0. The van der Waals surface area contributed by atoms with Crippen LogP contribution in [0, 0.1) is 0 Å². The molecule has 1 amide bonds. The second-order valence-electron chi connectivity index (χ2n) is 6.62. The van der Waals surface area contributed by atoms with Gasteiger partial charge in [0, 0.05) is 25.3 Å². The van der Waals surface area contributed by atoms with Crippen molar-refractivity contribution in [2.45, 2.75) is 32.1 Å². The van der Waals surface area contributed by atoms with Crippen LogP contribution in [0.15, 0.2) is 42.5 Å². The Labute approximate surface area is 143 Å². The fourth-order valence-electron chi connectivity index (χ4n) is 3.72. The van der Waals surface area contributed by atoms with Crippen molar-refractivity contribution >= 4 is 17.4 Å². The first-order valence-corrected chi connectivity index (χ1v) is 8.95. The number of para-hydroxylation sites is 1. The Kier molecular flexibility index (Phi) is 4.20. The largest absolute Gasteiger partial charge is 0.337 e. The second kappa shape index (κ2) is 6.63. The minimum absolute atomic E-state index is 0.0712. The molecule has 0 bridgehead atoms. The van der Waals surface area contributed by atoms with Crippen LogP contribution in [-0.4, -0.2) is 35.4 Å². The number of fused-ring (bicyclic) bond motifs is 1. The number of anilines is 2. The van der Waals surface area contributed by atoms with Crippen molar-refractivity contribution in [2.75, 3.05) is 24.5 Å². The SMILES string of the molecule is O=C(c1cccc(N2CCCc3ccccc32)n1)N1CCCCC1. The Bertz CT molecular complexity index is 737. The van der Waals surface area contributed by atoms with Crippen molar-refractivity contribution in [1.29, 1.82) is 0 Å². The molecule has 1 aromatic heterocycles. The third-order valence-electron chi connectivity index (χ3n) is 4.98. The molecule has 0 aliphatic carbocycles. The summed E-state index contributed by atoms with van der Waals surface area (Å²) in [5.74, 6) is 0.951. The van der Waals surface area contributed by atoms with Crippen LogP contribution >= 0.6 is 0 Å². The lowest BCUT2D eigenvalue weighted by molar-refractivity contribution is 0.0718. The van der Waals surface area contributed by atoms with E-state index >= 15 is 0 Å². The van der Waals surface area contributed by atoms with Gasteiger partial charge in [-0.3, -0.25) is 4.79 Å². The number of likely N-dealkylation sites (tertiary alicyclic amines) is 1. The number of hydrogen-bond acceptors (Lipinski definition) is 3.